The first kappa shape index (κ1) is 10.2. The number of nitrogens with zero attached hydrogens (tertiary/aromatic N) is 2. The van der Waals surface area contributed by atoms with Crippen LogP contribution in [0.1, 0.15) is 25.1 Å². The smallest absolute Gasteiger partial charge is 0.130 e. The van der Waals surface area contributed by atoms with Gasteiger partial charge in [0.05, 0.1) is 0 Å². The van der Waals surface area contributed by atoms with Gasteiger partial charge in [0.1, 0.15) is 4.64 Å². The summed E-state index contributed by atoms with van der Waals surface area (Å²) in [6.45, 7) is 6.08. The lowest BCUT2D eigenvalue weighted by atomic mass is 10.3. The van der Waals surface area contributed by atoms with Gasteiger partial charge in [-0.25, -0.2) is 0 Å². The number of aromatic nitrogens is 2. The molecule has 0 aliphatic rings. The predicted molar refractivity (Wildman–Crippen MR) is 58.1 cm³/mol. The first-order valence-corrected chi connectivity index (χ1v) is 4.72. The quantitative estimate of drug-likeness (QED) is 0.572. The number of hydrogen-bond acceptors (Lipinski definition) is 2. The highest BCUT2D eigenvalue weighted by Crippen LogP contribution is 2.05. The Labute approximate surface area is 83.5 Å². The van der Waals surface area contributed by atoms with Gasteiger partial charge in [0.2, 0.25) is 0 Å². The lowest BCUT2D eigenvalue weighted by Gasteiger charge is -1.93. The second kappa shape index (κ2) is 3.87. The van der Waals surface area contributed by atoms with E-state index in [2.05, 4.69) is 10.1 Å². The van der Waals surface area contributed by atoms with Gasteiger partial charge >= 0.3 is 0 Å². The minimum Gasteiger partial charge on any atom is -0.301 e. The van der Waals surface area contributed by atoms with Crippen molar-refractivity contribution in [3.63, 3.8) is 0 Å². The molecule has 0 aromatic carbocycles. The average molecular weight is 197 g/mol. The molecule has 0 saturated heterocycles. The molecule has 1 aromatic heterocycles. The molecule has 0 aliphatic carbocycles. The molecule has 1 heterocycles. The molecule has 1 aromatic rings. The molecule has 0 amide bonds. The van der Waals surface area contributed by atoms with E-state index in [1.165, 1.54) is 0 Å². The summed E-state index contributed by atoms with van der Waals surface area (Å²) in [5, 5.41) is 3.12. The number of hydrogen-bond donors (Lipinski definition) is 1. The minimum absolute atomic E-state index is 0.314. The van der Waals surface area contributed by atoms with Crippen molar-refractivity contribution >= 4 is 18.4 Å². The van der Waals surface area contributed by atoms with Crippen molar-refractivity contribution < 1.29 is 0 Å². The fraction of sp³-hybridized carbons (Fsp3) is 0.556. The van der Waals surface area contributed by atoms with E-state index in [9.17, 15) is 0 Å². The monoisotopic (exact) mass is 197 g/mol. The Hall–Kier alpha value is -0.900. The molecule has 4 heteroatoms. The Morgan fingerprint density at radius 2 is 2.15 bits per heavy atom. The van der Waals surface area contributed by atoms with Crippen LogP contribution in [0.2, 0.25) is 0 Å². The van der Waals surface area contributed by atoms with E-state index in [0.29, 0.717) is 6.04 Å². The van der Waals surface area contributed by atoms with Gasteiger partial charge in [-0.3, -0.25) is 9.67 Å². The molecule has 13 heavy (non-hydrogen) atoms. The molecule has 1 N–H and O–H groups in total. The van der Waals surface area contributed by atoms with Crippen LogP contribution in [-0.4, -0.2) is 22.0 Å². The maximum atomic E-state index is 5.21. The summed E-state index contributed by atoms with van der Waals surface area (Å²) in [6.07, 6.45) is 1.85. The molecule has 0 unspecified atom stereocenters. The Balaban J connectivity index is 3.08. The second-order valence-electron chi connectivity index (χ2n) is 3.39. The maximum absolute atomic E-state index is 5.21. The van der Waals surface area contributed by atoms with Gasteiger partial charge in [-0.2, -0.15) is 0 Å². The van der Waals surface area contributed by atoms with Gasteiger partial charge in [0, 0.05) is 30.6 Å². The zero-order chi connectivity index (χ0) is 10.0. The number of aryl methyl sites for hydroxylation is 2. The van der Waals surface area contributed by atoms with Crippen molar-refractivity contribution in [3.05, 3.63) is 15.9 Å². The molecule has 0 saturated carbocycles. The lowest BCUT2D eigenvalue weighted by molar-refractivity contribution is 0.747. The molecule has 72 valence electrons. The van der Waals surface area contributed by atoms with Crippen molar-refractivity contribution in [1.82, 2.24) is 9.78 Å². The van der Waals surface area contributed by atoms with Crippen LogP contribution in [-0.2, 0) is 7.05 Å². The van der Waals surface area contributed by atoms with E-state index in [0.717, 1.165) is 15.9 Å². The maximum Gasteiger partial charge on any atom is 0.130 e. The highest BCUT2D eigenvalue weighted by Gasteiger charge is 2.02. The molecule has 0 fully saturated rings. The fourth-order valence-electron chi connectivity index (χ4n) is 1.08. The van der Waals surface area contributed by atoms with Crippen LogP contribution in [0.3, 0.4) is 0 Å². The first-order chi connectivity index (χ1) is 6.02. The van der Waals surface area contributed by atoms with E-state index in [1.807, 2.05) is 38.7 Å². The van der Waals surface area contributed by atoms with Crippen LogP contribution in [0.25, 0.3) is 0 Å². The van der Waals surface area contributed by atoms with Gasteiger partial charge in [-0.05, 0) is 20.8 Å². The van der Waals surface area contributed by atoms with E-state index >= 15 is 0 Å². The Kier molecular flexibility index (Phi) is 3.03. The van der Waals surface area contributed by atoms with Gasteiger partial charge in [-0.15, -0.1) is 0 Å². The summed E-state index contributed by atoms with van der Waals surface area (Å²) in [5.74, 6) is 0. The summed E-state index contributed by atoms with van der Waals surface area (Å²) in [7, 11) is 1.90. The second-order valence-corrected chi connectivity index (χ2v) is 3.77. The highest BCUT2D eigenvalue weighted by molar-refractivity contribution is 7.71. The summed E-state index contributed by atoms with van der Waals surface area (Å²) in [4.78, 5) is 4.30. The van der Waals surface area contributed by atoms with E-state index in [4.69, 9.17) is 12.2 Å². The molecule has 0 spiro atoms. The number of rotatable bonds is 2. The Morgan fingerprint density at radius 1 is 1.54 bits per heavy atom. The third-order valence-corrected chi connectivity index (χ3v) is 2.27. The normalized spacial score (nSPS) is 11.8. The third-order valence-electron chi connectivity index (χ3n) is 1.78. The van der Waals surface area contributed by atoms with E-state index in [1.54, 1.807) is 0 Å². The molecule has 0 radical (unpaired) electrons. The Morgan fingerprint density at radius 3 is 2.54 bits per heavy atom. The average Bonchev–Trinajstić information content (AvgIpc) is 2.24. The molecule has 0 aliphatic heterocycles. The lowest BCUT2D eigenvalue weighted by Crippen LogP contribution is -1.91. The van der Waals surface area contributed by atoms with E-state index < -0.39 is 0 Å². The summed E-state index contributed by atoms with van der Waals surface area (Å²) < 4.78 is 2.63. The summed E-state index contributed by atoms with van der Waals surface area (Å²) in [6, 6.07) is 0.314. The van der Waals surface area contributed by atoms with E-state index in [-0.39, 0.29) is 0 Å². The standard InChI is InChI=1S/C9H15N3S/c1-6(2)10-5-8-7(3)11-12(4)9(8)13/h5-6,11H,1-4H3. The van der Waals surface area contributed by atoms with Gasteiger partial charge in [0.25, 0.3) is 0 Å². The number of H-pyrrole nitrogens is 1. The van der Waals surface area contributed by atoms with Crippen molar-refractivity contribution in [2.24, 2.45) is 12.0 Å². The minimum atomic E-state index is 0.314. The number of aromatic amines is 1. The van der Waals surface area contributed by atoms with Crippen LogP contribution in [0, 0.1) is 11.6 Å². The Bertz CT molecular complexity index is 371. The van der Waals surface area contributed by atoms with Crippen molar-refractivity contribution in [2.45, 2.75) is 26.8 Å². The zero-order valence-corrected chi connectivity index (χ0v) is 9.27. The molecular formula is C9H15N3S. The van der Waals surface area contributed by atoms with Crippen LogP contribution >= 0.6 is 12.2 Å². The van der Waals surface area contributed by atoms with Crippen LogP contribution in [0.15, 0.2) is 4.99 Å². The molecule has 0 atom stereocenters. The topological polar surface area (TPSA) is 33.1 Å². The van der Waals surface area contributed by atoms with Gasteiger partial charge in [-0.1, -0.05) is 12.2 Å². The zero-order valence-electron chi connectivity index (χ0n) is 8.46. The van der Waals surface area contributed by atoms with Gasteiger partial charge in [0.15, 0.2) is 0 Å². The fourth-order valence-corrected chi connectivity index (χ4v) is 1.33. The van der Waals surface area contributed by atoms with Gasteiger partial charge < -0.3 is 5.10 Å². The molecular weight excluding hydrogens is 182 g/mol. The molecule has 0 bridgehead atoms. The van der Waals surface area contributed by atoms with Crippen molar-refractivity contribution in [3.8, 4) is 0 Å². The number of nitrogens with one attached hydrogen (secondary N) is 1. The van der Waals surface area contributed by atoms with Crippen LogP contribution < -0.4 is 0 Å². The van der Waals surface area contributed by atoms with Crippen molar-refractivity contribution in [2.75, 3.05) is 0 Å². The van der Waals surface area contributed by atoms with Crippen LogP contribution in [0.4, 0.5) is 0 Å². The van der Waals surface area contributed by atoms with Crippen LogP contribution in [0.5, 0.6) is 0 Å². The highest BCUT2D eigenvalue weighted by atomic mass is 32.1. The SMILES string of the molecule is Cc1[nH]n(C)c(=S)c1C=NC(C)C. The predicted octanol–water partition coefficient (Wildman–Crippen LogP) is 2.22. The third kappa shape index (κ3) is 2.28. The summed E-state index contributed by atoms with van der Waals surface area (Å²) in [5.41, 5.74) is 2.09. The summed E-state index contributed by atoms with van der Waals surface area (Å²) >= 11 is 5.21. The largest absolute Gasteiger partial charge is 0.301 e. The molecule has 1 rings (SSSR count). The molecule has 3 nitrogen and oxygen atoms in total. The first-order valence-electron chi connectivity index (χ1n) is 4.31. The number of aliphatic imine (C=N–C) groups is 1. The van der Waals surface area contributed by atoms with Crippen molar-refractivity contribution in [1.29, 1.82) is 0 Å².